The fourth-order valence-corrected chi connectivity index (χ4v) is 6.15. The second-order valence-corrected chi connectivity index (χ2v) is 11.5. The third-order valence-corrected chi connectivity index (χ3v) is 8.55. The Balaban J connectivity index is 1.23. The van der Waals surface area contributed by atoms with Gasteiger partial charge in [-0.1, -0.05) is 158 Å². The molecule has 0 aliphatic rings. The molecule has 0 heterocycles. The number of hydrogen-bond donors (Lipinski definition) is 0. The third kappa shape index (κ3) is 5.83. The van der Waals surface area contributed by atoms with Crippen molar-refractivity contribution in [2.45, 2.75) is 0 Å². The summed E-state index contributed by atoms with van der Waals surface area (Å²) in [5.74, 6) is 0. The standard InChI is InChI=1S/C46H33N/c1-3-11-34(12-4-1)36-21-27-42(28-22-36)47(43-29-23-37(24-30-43)35-13-5-2-6-14-35)44-31-25-38(26-32-44)40-17-9-18-41(33-40)46-20-10-16-39-15-7-8-19-45(39)46/h1-33H/i21D,22D,27D,28D. The first-order valence-electron chi connectivity index (χ1n) is 17.8. The normalized spacial score (nSPS) is 12.2. The zero-order chi connectivity index (χ0) is 34.9. The number of fused-ring (bicyclic) bond motifs is 1. The first kappa shape index (κ1) is 24.1. The molecule has 0 fully saturated rings. The van der Waals surface area contributed by atoms with Crippen LogP contribution in [0.2, 0.25) is 0 Å². The SMILES string of the molecule is [2H]c1c([2H])c(N(c2ccc(-c3ccccc3)cc2)c2ccc(-c3cccc(-c4cccc5ccccc45)c3)cc2)c([2H])c([2H])c1-c1ccccc1. The van der Waals surface area contributed by atoms with Crippen molar-refractivity contribution in [1.29, 1.82) is 0 Å². The van der Waals surface area contributed by atoms with Gasteiger partial charge in [-0.15, -0.1) is 0 Å². The van der Waals surface area contributed by atoms with E-state index >= 15 is 0 Å². The van der Waals surface area contributed by atoms with Gasteiger partial charge in [0.15, 0.2) is 0 Å². The summed E-state index contributed by atoms with van der Waals surface area (Å²) in [6, 6.07) is 58.4. The van der Waals surface area contributed by atoms with E-state index < -0.39 is 0 Å². The monoisotopic (exact) mass is 603 g/mol. The van der Waals surface area contributed by atoms with E-state index in [1.807, 2.05) is 89.8 Å². The largest absolute Gasteiger partial charge is 0.311 e. The number of benzene rings is 8. The van der Waals surface area contributed by atoms with Crippen molar-refractivity contribution >= 4 is 27.8 Å². The Morgan fingerprint density at radius 3 is 1.45 bits per heavy atom. The highest BCUT2D eigenvalue weighted by molar-refractivity contribution is 5.97. The summed E-state index contributed by atoms with van der Waals surface area (Å²) in [7, 11) is 0. The van der Waals surface area contributed by atoms with Crippen molar-refractivity contribution in [3.05, 3.63) is 200 Å². The summed E-state index contributed by atoms with van der Waals surface area (Å²) >= 11 is 0. The molecule has 0 aliphatic heterocycles. The van der Waals surface area contributed by atoms with Gasteiger partial charge in [0.1, 0.15) is 0 Å². The highest BCUT2D eigenvalue weighted by atomic mass is 15.1. The Hall–Kier alpha value is -6.18. The van der Waals surface area contributed by atoms with Crippen LogP contribution in [-0.4, -0.2) is 0 Å². The lowest BCUT2D eigenvalue weighted by atomic mass is 9.95. The lowest BCUT2D eigenvalue weighted by molar-refractivity contribution is 1.28. The summed E-state index contributed by atoms with van der Waals surface area (Å²) in [6.07, 6.45) is 0. The second kappa shape index (κ2) is 12.7. The van der Waals surface area contributed by atoms with Crippen LogP contribution in [0.1, 0.15) is 5.48 Å². The molecule has 0 aliphatic carbocycles. The van der Waals surface area contributed by atoms with Crippen molar-refractivity contribution in [3.63, 3.8) is 0 Å². The van der Waals surface area contributed by atoms with E-state index in [0.29, 0.717) is 5.56 Å². The van der Waals surface area contributed by atoms with Gasteiger partial charge in [-0.3, -0.25) is 0 Å². The molecule has 0 radical (unpaired) electrons. The molecule has 0 saturated carbocycles. The Kier molecular flexibility index (Phi) is 6.50. The van der Waals surface area contributed by atoms with E-state index in [4.69, 9.17) is 2.74 Å². The molecule has 0 N–H and O–H groups in total. The fourth-order valence-electron chi connectivity index (χ4n) is 6.15. The van der Waals surface area contributed by atoms with Crippen LogP contribution in [0.5, 0.6) is 0 Å². The molecular weight excluding hydrogens is 567 g/mol. The van der Waals surface area contributed by atoms with E-state index in [1.54, 1.807) is 0 Å². The molecule has 8 aromatic carbocycles. The van der Waals surface area contributed by atoms with Crippen LogP contribution in [-0.2, 0) is 0 Å². The number of rotatable bonds is 7. The van der Waals surface area contributed by atoms with E-state index in [9.17, 15) is 2.74 Å². The summed E-state index contributed by atoms with van der Waals surface area (Å²) in [5, 5.41) is 2.41. The van der Waals surface area contributed by atoms with E-state index in [2.05, 4.69) is 91.0 Å². The van der Waals surface area contributed by atoms with Crippen LogP contribution in [0, 0.1) is 0 Å². The smallest absolute Gasteiger partial charge is 0.0645 e. The molecule has 0 unspecified atom stereocenters. The van der Waals surface area contributed by atoms with Gasteiger partial charge in [-0.25, -0.2) is 0 Å². The molecule has 0 atom stereocenters. The molecule has 1 nitrogen and oxygen atoms in total. The third-order valence-electron chi connectivity index (χ3n) is 8.55. The maximum atomic E-state index is 9.24. The average molecular weight is 604 g/mol. The van der Waals surface area contributed by atoms with Crippen LogP contribution in [0.15, 0.2) is 200 Å². The summed E-state index contributed by atoms with van der Waals surface area (Å²) in [5.41, 5.74) is 9.13. The Bertz CT molecular complexity index is 2460. The van der Waals surface area contributed by atoms with Crippen LogP contribution in [0.25, 0.3) is 55.3 Å². The number of nitrogens with zero attached hydrogens (tertiary/aromatic N) is 1. The van der Waals surface area contributed by atoms with Gasteiger partial charge in [0.25, 0.3) is 0 Å². The zero-order valence-corrected chi connectivity index (χ0v) is 25.7. The van der Waals surface area contributed by atoms with Crippen molar-refractivity contribution in [1.82, 2.24) is 0 Å². The van der Waals surface area contributed by atoms with Crippen molar-refractivity contribution in [2.75, 3.05) is 4.90 Å². The molecule has 222 valence electrons. The molecule has 0 bridgehead atoms. The Morgan fingerprint density at radius 1 is 0.319 bits per heavy atom. The molecular formula is C46H33N. The van der Waals surface area contributed by atoms with Crippen LogP contribution >= 0.6 is 0 Å². The molecule has 0 spiro atoms. The van der Waals surface area contributed by atoms with Gasteiger partial charge >= 0.3 is 0 Å². The molecule has 0 aromatic heterocycles. The van der Waals surface area contributed by atoms with Crippen LogP contribution in [0.4, 0.5) is 17.1 Å². The minimum Gasteiger partial charge on any atom is -0.311 e. The van der Waals surface area contributed by atoms with Crippen molar-refractivity contribution in [3.8, 4) is 44.5 Å². The van der Waals surface area contributed by atoms with Gasteiger partial charge in [0.05, 0.1) is 5.48 Å². The van der Waals surface area contributed by atoms with Crippen molar-refractivity contribution in [2.24, 2.45) is 0 Å². The molecule has 8 rings (SSSR count). The lowest BCUT2D eigenvalue weighted by Crippen LogP contribution is -2.09. The molecule has 0 saturated heterocycles. The predicted molar refractivity (Wildman–Crippen MR) is 200 cm³/mol. The highest BCUT2D eigenvalue weighted by Crippen LogP contribution is 2.38. The minimum atomic E-state index is -0.103. The summed E-state index contributed by atoms with van der Waals surface area (Å²) in [6.45, 7) is 0. The Labute approximate surface area is 282 Å². The summed E-state index contributed by atoms with van der Waals surface area (Å²) < 4.78 is 36.6. The van der Waals surface area contributed by atoms with Gasteiger partial charge in [-0.05, 0) is 97.7 Å². The fraction of sp³-hybridized carbons (Fsp3) is 0. The van der Waals surface area contributed by atoms with E-state index in [1.165, 1.54) is 16.3 Å². The molecule has 0 amide bonds. The summed E-state index contributed by atoms with van der Waals surface area (Å²) in [4.78, 5) is 1.83. The first-order valence-corrected chi connectivity index (χ1v) is 15.8. The van der Waals surface area contributed by atoms with Gasteiger partial charge in [0, 0.05) is 17.1 Å². The maximum Gasteiger partial charge on any atom is 0.0645 e. The van der Waals surface area contributed by atoms with Gasteiger partial charge < -0.3 is 4.90 Å². The van der Waals surface area contributed by atoms with E-state index in [-0.39, 0.29) is 35.4 Å². The highest BCUT2D eigenvalue weighted by Gasteiger charge is 2.14. The number of anilines is 3. The zero-order valence-electron chi connectivity index (χ0n) is 29.7. The first-order chi connectivity index (χ1) is 25.0. The molecule has 8 aromatic rings. The van der Waals surface area contributed by atoms with Crippen molar-refractivity contribution < 1.29 is 5.48 Å². The predicted octanol–water partition coefficient (Wildman–Crippen LogP) is 13.0. The molecule has 47 heavy (non-hydrogen) atoms. The minimum absolute atomic E-state index is 0.0787. The van der Waals surface area contributed by atoms with Crippen LogP contribution in [0.3, 0.4) is 0 Å². The topological polar surface area (TPSA) is 3.24 Å². The Morgan fingerprint density at radius 2 is 0.787 bits per heavy atom. The maximum absolute atomic E-state index is 9.24. The molecule has 1 heteroatoms. The van der Waals surface area contributed by atoms with Crippen LogP contribution < -0.4 is 4.90 Å². The number of hydrogen-bond acceptors (Lipinski definition) is 1. The van der Waals surface area contributed by atoms with Gasteiger partial charge in [-0.2, -0.15) is 0 Å². The lowest BCUT2D eigenvalue weighted by Gasteiger charge is -2.26. The second-order valence-electron chi connectivity index (χ2n) is 11.5. The quantitative estimate of drug-likeness (QED) is 0.175. The average Bonchev–Trinajstić information content (AvgIpc) is 3.20. The van der Waals surface area contributed by atoms with Gasteiger partial charge in [0.2, 0.25) is 0 Å². The van der Waals surface area contributed by atoms with E-state index in [0.717, 1.165) is 39.2 Å².